The predicted octanol–water partition coefficient (Wildman–Crippen LogP) is 2.04. The highest BCUT2D eigenvalue weighted by molar-refractivity contribution is 5.85. The van der Waals surface area contributed by atoms with Crippen LogP contribution in [0.2, 0.25) is 0 Å². The van der Waals surface area contributed by atoms with Crippen molar-refractivity contribution in [3.8, 4) is 0 Å². The minimum absolute atomic E-state index is 0.187. The fourth-order valence-corrected chi connectivity index (χ4v) is 3.90. The van der Waals surface area contributed by atoms with Gasteiger partial charge in [-0.3, -0.25) is 9.69 Å². The van der Waals surface area contributed by atoms with E-state index in [1.807, 2.05) is 42.2 Å². The number of likely N-dealkylation sites (tertiary alicyclic amines) is 1. The molecule has 2 unspecified atom stereocenters. The number of furan rings is 1. The summed E-state index contributed by atoms with van der Waals surface area (Å²) in [7, 11) is 0. The first-order chi connectivity index (χ1) is 11.7. The van der Waals surface area contributed by atoms with Gasteiger partial charge < -0.3 is 14.6 Å². The standard InChI is InChI=1S/C19H25N3O2/c1-14(18-12-15-4-2-3-5-17(15)24-18)19(23)22-9-6-16(13-22)21-10-7-20-8-11-21/h2-5,12,14,16,20H,6-11,13H2,1H3. The number of para-hydroxylation sites is 1. The molecule has 1 aromatic heterocycles. The van der Waals surface area contributed by atoms with Gasteiger partial charge in [-0.15, -0.1) is 0 Å². The number of fused-ring (bicyclic) bond motifs is 1. The van der Waals surface area contributed by atoms with Gasteiger partial charge in [-0.2, -0.15) is 0 Å². The Hall–Kier alpha value is -1.85. The summed E-state index contributed by atoms with van der Waals surface area (Å²) in [6.07, 6.45) is 1.08. The Morgan fingerprint density at radius 2 is 2.04 bits per heavy atom. The summed E-state index contributed by atoms with van der Waals surface area (Å²) in [5.41, 5.74) is 0.854. The maximum absolute atomic E-state index is 12.9. The molecule has 3 heterocycles. The van der Waals surface area contributed by atoms with E-state index in [-0.39, 0.29) is 11.8 Å². The lowest BCUT2D eigenvalue weighted by Gasteiger charge is -2.32. The largest absolute Gasteiger partial charge is 0.460 e. The molecule has 0 saturated carbocycles. The zero-order valence-electron chi connectivity index (χ0n) is 14.2. The molecule has 5 heteroatoms. The molecule has 2 saturated heterocycles. The fourth-order valence-electron chi connectivity index (χ4n) is 3.90. The molecule has 24 heavy (non-hydrogen) atoms. The van der Waals surface area contributed by atoms with Gasteiger partial charge in [0.15, 0.2) is 0 Å². The van der Waals surface area contributed by atoms with Crippen LogP contribution in [0.25, 0.3) is 11.0 Å². The van der Waals surface area contributed by atoms with Crippen molar-refractivity contribution >= 4 is 16.9 Å². The Morgan fingerprint density at radius 3 is 2.83 bits per heavy atom. The minimum Gasteiger partial charge on any atom is -0.460 e. The van der Waals surface area contributed by atoms with Gasteiger partial charge >= 0.3 is 0 Å². The number of nitrogens with one attached hydrogen (secondary N) is 1. The number of hydrogen-bond acceptors (Lipinski definition) is 4. The second kappa shape index (κ2) is 6.57. The number of rotatable bonds is 3. The van der Waals surface area contributed by atoms with Crippen LogP contribution < -0.4 is 5.32 Å². The van der Waals surface area contributed by atoms with Crippen LogP contribution in [0.15, 0.2) is 34.7 Å². The Bertz CT molecular complexity index is 687. The molecular formula is C19H25N3O2. The van der Waals surface area contributed by atoms with E-state index in [2.05, 4.69) is 10.2 Å². The molecule has 5 nitrogen and oxygen atoms in total. The molecule has 128 valence electrons. The lowest BCUT2D eigenvalue weighted by atomic mass is 10.1. The third kappa shape index (κ3) is 2.94. The average molecular weight is 327 g/mol. The maximum Gasteiger partial charge on any atom is 0.233 e. The Balaban J connectivity index is 1.43. The molecule has 0 spiro atoms. The van der Waals surface area contributed by atoms with Crippen LogP contribution in [0.1, 0.15) is 25.0 Å². The first-order valence-corrected chi connectivity index (χ1v) is 8.94. The maximum atomic E-state index is 12.9. The highest BCUT2D eigenvalue weighted by Crippen LogP contribution is 2.28. The molecule has 1 N–H and O–H groups in total. The second-order valence-electron chi connectivity index (χ2n) is 6.92. The fraction of sp³-hybridized carbons (Fsp3) is 0.526. The SMILES string of the molecule is CC(C(=O)N1CCC(N2CCNCC2)C1)c1cc2ccccc2o1. The van der Waals surface area contributed by atoms with Crippen molar-refractivity contribution in [3.63, 3.8) is 0 Å². The van der Waals surface area contributed by atoms with Crippen molar-refractivity contribution in [1.29, 1.82) is 0 Å². The summed E-state index contributed by atoms with van der Waals surface area (Å²) < 4.78 is 5.89. The van der Waals surface area contributed by atoms with Crippen molar-refractivity contribution in [2.24, 2.45) is 0 Å². The van der Waals surface area contributed by atoms with Crippen molar-refractivity contribution in [2.45, 2.75) is 25.3 Å². The first-order valence-electron chi connectivity index (χ1n) is 8.94. The summed E-state index contributed by atoms with van der Waals surface area (Å²) in [5.74, 6) is 0.734. The quantitative estimate of drug-likeness (QED) is 0.937. The van der Waals surface area contributed by atoms with Crippen LogP contribution in [0.4, 0.5) is 0 Å². The number of benzene rings is 1. The van der Waals surface area contributed by atoms with E-state index >= 15 is 0 Å². The summed E-state index contributed by atoms with van der Waals surface area (Å²) in [6, 6.07) is 10.4. The van der Waals surface area contributed by atoms with E-state index < -0.39 is 0 Å². The van der Waals surface area contributed by atoms with Crippen LogP contribution >= 0.6 is 0 Å². The monoisotopic (exact) mass is 327 g/mol. The van der Waals surface area contributed by atoms with Crippen LogP contribution in [0.3, 0.4) is 0 Å². The van der Waals surface area contributed by atoms with E-state index in [1.54, 1.807) is 0 Å². The van der Waals surface area contributed by atoms with Crippen molar-refractivity contribution in [1.82, 2.24) is 15.1 Å². The Morgan fingerprint density at radius 1 is 1.25 bits per heavy atom. The van der Waals surface area contributed by atoms with Crippen molar-refractivity contribution in [3.05, 3.63) is 36.1 Å². The van der Waals surface area contributed by atoms with Crippen LogP contribution in [-0.4, -0.2) is 61.0 Å². The summed E-state index contributed by atoms with van der Waals surface area (Å²) >= 11 is 0. The molecule has 2 atom stereocenters. The summed E-state index contributed by atoms with van der Waals surface area (Å²) in [6.45, 7) is 7.96. The van der Waals surface area contributed by atoms with E-state index in [0.717, 1.165) is 62.4 Å². The summed E-state index contributed by atoms with van der Waals surface area (Å²) in [5, 5.41) is 4.45. The number of amides is 1. The van der Waals surface area contributed by atoms with E-state index in [1.165, 1.54) is 0 Å². The van der Waals surface area contributed by atoms with Crippen LogP contribution in [0.5, 0.6) is 0 Å². The number of carbonyl (C=O) groups excluding carboxylic acids is 1. The summed E-state index contributed by atoms with van der Waals surface area (Å²) in [4.78, 5) is 17.4. The minimum atomic E-state index is -0.223. The van der Waals surface area contributed by atoms with Gasteiger partial charge in [-0.05, 0) is 25.5 Å². The van der Waals surface area contributed by atoms with Gasteiger partial charge in [-0.1, -0.05) is 18.2 Å². The molecule has 2 aliphatic heterocycles. The highest BCUT2D eigenvalue weighted by atomic mass is 16.3. The van der Waals surface area contributed by atoms with Gasteiger partial charge in [-0.25, -0.2) is 0 Å². The van der Waals surface area contributed by atoms with Gasteiger partial charge in [0.2, 0.25) is 5.91 Å². The van der Waals surface area contributed by atoms with Crippen LogP contribution in [0, 0.1) is 0 Å². The average Bonchev–Trinajstić information content (AvgIpc) is 3.28. The normalized spacial score (nSPS) is 23.7. The van der Waals surface area contributed by atoms with Gasteiger partial charge in [0.05, 0.1) is 5.92 Å². The second-order valence-corrected chi connectivity index (χ2v) is 6.92. The zero-order valence-corrected chi connectivity index (χ0v) is 14.2. The smallest absolute Gasteiger partial charge is 0.233 e. The zero-order chi connectivity index (χ0) is 16.5. The molecule has 1 amide bonds. The number of piperazine rings is 1. The van der Waals surface area contributed by atoms with Crippen LogP contribution in [-0.2, 0) is 4.79 Å². The lowest BCUT2D eigenvalue weighted by molar-refractivity contribution is -0.131. The van der Waals surface area contributed by atoms with E-state index in [9.17, 15) is 4.79 Å². The molecular weight excluding hydrogens is 302 g/mol. The number of hydrogen-bond donors (Lipinski definition) is 1. The van der Waals surface area contributed by atoms with Crippen molar-refractivity contribution < 1.29 is 9.21 Å². The molecule has 2 fully saturated rings. The van der Waals surface area contributed by atoms with E-state index in [4.69, 9.17) is 4.42 Å². The molecule has 0 aliphatic carbocycles. The van der Waals surface area contributed by atoms with Gasteiger partial charge in [0.1, 0.15) is 11.3 Å². The molecule has 2 aliphatic rings. The van der Waals surface area contributed by atoms with Gasteiger partial charge in [0.25, 0.3) is 0 Å². The van der Waals surface area contributed by atoms with Crippen molar-refractivity contribution in [2.75, 3.05) is 39.3 Å². The lowest BCUT2D eigenvalue weighted by Crippen LogP contribution is -2.49. The number of nitrogens with zero attached hydrogens (tertiary/aromatic N) is 2. The third-order valence-corrected chi connectivity index (χ3v) is 5.38. The topological polar surface area (TPSA) is 48.7 Å². The first kappa shape index (κ1) is 15.7. The third-order valence-electron chi connectivity index (χ3n) is 5.38. The molecule has 4 rings (SSSR count). The Kier molecular flexibility index (Phi) is 4.29. The molecule has 2 aromatic rings. The molecule has 0 radical (unpaired) electrons. The van der Waals surface area contributed by atoms with E-state index in [0.29, 0.717) is 6.04 Å². The number of carbonyl (C=O) groups is 1. The highest BCUT2D eigenvalue weighted by Gasteiger charge is 2.33. The molecule has 0 bridgehead atoms. The van der Waals surface area contributed by atoms with Gasteiger partial charge in [0, 0.05) is 50.7 Å². The predicted molar refractivity (Wildman–Crippen MR) is 94.1 cm³/mol. The molecule has 1 aromatic carbocycles. The Labute approximate surface area is 142 Å².